The van der Waals surface area contributed by atoms with Gasteiger partial charge in [0.25, 0.3) is 5.91 Å². The molecule has 0 saturated heterocycles. The molecule has 0 aliphatic rings. The van der Waals surface area contributed by atoms with E-state index in [1.54, 1.807) is 32.3 Å². The van der Waals surface area contributed by atoms with Crippen molar-refractivity contribution >= 4 is 16.8 Å². The molecule has 0 fully saturated rings. The maximum Gasteiger partial charge on any atom is 0.255 e. The Morgan fingerprint density at radius 2 is 2.05 bits per heavy atom. The zero-order valence-electron chi connectivity index (χ0n) is 12.6. The molecule has 2 aromatic rings. The van der Waals surface area contributed by atoms with E-state index in [4.69, 9.17) is 0 Å². The van der Waals surface area contributed by atoms with E-state index in [0.29, 0.717) is 10.9 Å². The predicted octanol–water partition coefficient (Wildman–Crippen LogP) is 1.44. The Bertz CT molecular complexity index is 686. The number of pyridine rings is 1. The number of aliphatic hydroxyl groups is 2. The maximum atomic E-state index is 13.7. The number of rotatable bonds is 5. The first-order valence-electron chi connectivity index (χ1n) is 6.92. The fourth-order valence-electron chi connectivity index (χ4n) is 2.32. The fraction of sp³-hybridized carbons (Fsp3) is 0.375. The van der Waals surface area contributed by atoms with Crippen LogP contribution in [-0.4, -0.2) is 52.8 Å². The normalized spacial score (nSPS) is 11.7. The molecule has 5 nitrogen and oxygen atoms in total. The smallest absolute Gasteiger partial charge is 0.255 e. The van der Waals surface area contributed by atoms with E-state index in [2.05, 4.69) is 4.98 Å². The first kappa shape index (κ1) is 16.3. The summed E-state index contributed by atoms with van der Waals surface area (Å²) >= 11 is 0. The number of nitrogens with zero attached hydrogens (tertiary/aromatic N) is 2. The summed E-state index contributed by atoms with van der Waals surface area (Å²) < 4.78 is 13.7. The van der Waals surface area contributed by atoms with Gasteiger partial charge in [-0.1, -0.05) is 13.0 Å². The van der Waals surface area contributed by atoms with Crippen LogP contribution in [0.3, 0.4) is 0 Å². The van der Waals surface area contributed by atoms with Crippen molar-refractivity contribution in [3.63, 3.8) is 0 Å². The van der Waals surface area contributed by atoms with E-state index in [1.165, 1.54) is 11.0 Å². The standard InChI is InChI=1S/C16H19FN2O3/c1-16(9-20,10-21)8-19(2)15(22)13-7-12(17)6-11-4-3-5-18-14(11)13/h3-7,20-21H,8-10H2,1-2H3. The van der Waals surface area contributed by atoms with Gasteiger partial charge in [-0.15, -0.1) is 0 Å². The van der Waals surface area contributed by atoms with E-state index in [0.717, 1.165) is 6.07 Å². The second-order valence-electron chi connectivity index (χ2n) is 5.82. The second-order valence-corrected chi connectivity index (χ2v) is 5.82. The highest BCUT2D eigenvalue weighted by atomic mass is 19.1. The molecule has 22 heavy (non-hydrogen) atoms. The quantitative estimate of drug-likeness (QED) is 0.876. The molecular weight excluding hydrogens is 287 g/mol. The van der Waals surface area contributed by atoms with Crippen LogP contribution in [0.2, 0.25) is 0 Å². The molecular formula is C16H19FN2O3. The first-order valence-corrected chi connectivity index (χ1v) is 6.92. The average molecular weight is 306 g/mol. The van der Waals surface area contributed by atoms with Crippen molar-refractivity contribution < 1.29 is 19.4 Å². The summed E-state index contributed by atoms with van der Waals surface area (Å²) in [5.74, 6) is -0.916. The zero-order valence-corrected chi connectivity index (χ0v) is 12.6. The Hall–Kier alpha value is -2.05. The highest BCUT2D eigenvalue weighted by Gasteiger charge is 2.27. The van der Waals surface area contributed by atoms with Crippen molar-refractivity contribution in [2.24, 2.45) is 5.41 Å². The summed E-state index contributed by atoms with van der Waals surface area (Å²) in [6.45, 7) is 1.29. The SMILES string of the molecule is CN(CC(C)(CO)CO)C(=O)c1cc(F)cc2cccnc12. The van der Waals surface area contributed by atoms with E-state index < -0.39 is 17.1 Å². The molecule has 6 heteroatoms. The Balaban J connectivity index is 2.37. The molecule has 118 valence electrons. The number of fused-ring (bicyclic) bond motifs is 1. The Morgan fingerprint density at radius 3 is 2.68 bits per heavy atom. The van der Waals surface area contributed by atoms with Crippen molar-refractivity contribution in [3.05, 3.63) is 41.8 Å². The topological polar surface area (TPSA) is 73.7 Å². The van der Waals surface area contributed by atoms with Crippen LogP contribution in [0.25, 0.3) is 10.9 Å². The van der Waals surface area contributed by atoms with Crippen molar-refractivity contribution in [1.82, 2.24) is 9.88 Å². The summed E-state index contributed by atoms with van der Waals surface area (Å²) in [5, 5.41) is 19.2. The summed E-state index contributed by atoms with van der Waals surface area (Å²) in [6.07, 6.45) is 1.54. The van der Waals surface area contributed by atoms with E-state index in [9.17, 15) is 19.4 Å². The number of benzene rings is 1. The van der Waals surface area contributed by atoms with Crippen molar-refractivity contribution in [2.45, 2.75) is 6.92 Å². The number of hydrogen-bond acceptors (Lipinski definition) is 4. The molecule has 0 saturated carbocycles. The largest absolute Gasteiger partial charge is 0.396 e. The Kier molecular flexibility index (Phi) is 4.73. The number of halogens is 1. The molecule has 1 aromatic heterocycles. The van der Waals surface area contributed by atoms with Gasteiger partial charge in [0.05, 0.1) is 24.3 Å². The third-order valence-electron chi connectivity index (χ3n) is 3.63. The van der Waals surface area contributed by atoms with Gasteiger partial charge in [-0.05, 0) is 18.2 Å². The Morgan fingerprint density at radius 1 is 1.36 bits per heavy atom. The van der Waals surface area contributed by atoms with Crippen LogP contribution in [0.5, 0.6) is 0 Å². The van der Waals surface area contributed by atoms with Gasteiger partial charge in [-0.3, -0.25) is 9.78 Å². The number of carbonyl (C=O) groups excluding carboxylic acids is 1. The van der Waals surface area contributed by atoms with E-state index in [-0.39, 0.29) is 25.3 Å². The Labute approximate surface area is 128 Å². The van der Waals surface area contributed by atoms with Crippen LogP contribution in [0.4, 0.5) is 4.39 Å². The minimum absolute atomic E-state index is 0.143. The summed E-state index contributed by atoms with van der Waals surface area (Å²) in [6, 6.07) is 5.84. The lowest BCUT2D eigenvalue weighted by Crippen LogP contribution is -2.41. The van der Waals surface area contributed by atoms with Gasteiger partial charge in [-0.25, -0.2) is 4.39 Å². The molecule has 0 unspecified atom stereocenters. The lowest BCUT2D eigenvalue weighted by atomic mass is 9.92. The minimum atomic E-state index is -0.818. The summed E-state index contributed by atoms with van der Waals surface area (Å²) in [7, 11) is 1.55. The number of aliphatic hydroxyl groups excluding tert-OH is 2. The third kappa shape index (κ3) is 3.23. The number of amides is 1. The molecule has 1 amide bonds. The number of carbonyl (C=O) groups is 1. The van der Waals surface area contributed by atoms with Crippen molar-refractivity contribution in [3.8, 4) is 0 Å². The monoisotopic (exact) mass is 306 g/mol. The molecule has 0 atom stereocenters. The van der Waals surface area contributed by atoms with Crippen LogP contribution in [0.1, 0.15) is 17.3 Å². The molecule has 2 N–H and O–H groups in total. The lowest BCUT2D eigenvalue weighted by Gasteiger charge is -2.30. The minimum Gasteiger partial charge on any atom is -0.396 e. The molecule has 0 aliphatic heterocycles. The van der Waals surface area contributed by atoms with E-state index in [1.807, 2.05) is 0 Å². The van der Waals surface area contributed by atoms with Crippen LogP contribution < -0.4 is 0 Å². The molecule has 0 radical (unpaired) electrons. The van der Waals surface area contributed by atoms with Crippen molar-refractivity contribution in [2.75, 3.05) is 26.8 Å². The van der Waals surface area contributed by atoms with Gasteiger partial charge in [0.1, 0.15) is 5.82 Å². The van der Waals surface area contributed by atoms with Crippen LogP contribution >= 0.6 is 0 Å². The van der Waals surface area contributed by atoms with Crippen LogP contribution in [-0.2, 0) is 0 Å². The van der Waals surface area contributed by atoms with Crippen molar-refractivity contribution in [1.29, 1.82) is 0 Å². The van der Waals surface area contributed by atoms with Gasteiger partial charge >= 0.3 is 0 Å². The molecule has 0 bridgehead atoms. The predicted molar refractivity (Wildman–Crippen MR) is 80.9 cm³/mol. The average Bonchev–Trinajstić information content (AvgIpc) is 2.53. The van der Waals surface area contributed by atoms with Gasteiger partial charge in [0.15, 0.2) is 0 Å². The molecule has 2 rings (SSSR count). The highest BCUT2D eigenvalue weighted by Crippen LogP contribution is 2.22. The van der Waals surface area contributed by atoms with Crippen LogP contribution in [0, 0.1) is 11.2 Å². The van der Waals surface area contributed by atoms with E-state index >= 15 is 0 Å². The second kappa shape index (κ2) is 6.37. The molecule has 1 aromatic carbocycles. The highest BCUT2D eigenvalue weighted by molar-refractivity contribution is 6.05. The molecule has 1 heterocycles. The molecule has 0 aliphatic carbocycles. The maximum absolute atomic E-state index is 13.7. The number of aromatic nitrogens is 1. The number of hydrogen-bond donors (Lipinski definition) is 2. The fourth-order valence-corrected chi connectivity index (χ4v) is 2.32. The lowest BCUT2D eigenvalue weighted by molar-refractivity contribution is 0.0367. The third-order valence-corrected chi connectivity index (χ3v) is 3.63. The van der Waals surface area contributed by atoms with Gasteiger partial charge in [0, 0.05) is 30.6 Å². The van der Waals surface area contributed by atoms with Gasteiger partial charge in [-0.2, -0.15) is 0 Å². The molecule has 0 spiro atoms. The zero-order chi connectivity index (χ0) is 16.3. The first-order chi connectivity index (χ1) is 10.4. The van der Waals surface area contributed by atoms with Gasteiger partial charge < -0.3 is 15.1 Å². The van der Waals surface area contributed by atoms with Gasteiger partial charge in [0.2, 0.25) is 0 Å². The van der Waals surface area contributed by atoms with Crippen LogP contribution in [0.15, 0.2) is 30.5 Å². The summed E-state index contributed by atoms with van der Waals surface area (Å²) in [5.41, 5.74) is -0.229. The summed E-state index contributed by atoms with van der Waals surface area (Å²) in [4.78, 5) is 18.1.